The van der Waals surface area contributed by atoms with Gasteiger partial charge in [-0.05, 0) is 19.8 Å². The van der Waals surface area contributed by atoms with Gasteiger partial charge in [-0.25, -0.2) is 0 Å². The average molecular weight is 224 g/mol. The summed E-state index contributed by atoms with van der Waals surface area (Å²) in [6.45, 7) is 2.62. The van der Waals surface area contributed by atoms with E-state index in [4.69, 9.17) is 0 Å². The summed E-state index contributed by atoms with van der Waals surface area (Å²) in [5.74, 6) is -0.122. The second-order valence-electron chi connectivity index (χ2n) is 5.32. The minimum absolute atomic E-state index is 0.00560. The predicted octanol–water partition coefficient (Wildman–Crippen LogP) is 0.961. The Kier molecular flexibility index (Phi) is 3.17. The highest BCUT2D eigenvalue weighted by atomic mass is 16.2. The third-order valence-corrected chi connectivity index (χ3v) is 3.73. The van der Waals surface area contributed by atoms with Crippen LogP contribution in [0, 0.1) is 5.92 Å². The molecular formula is C12H20N2O2. The first-order valence-corrected chi connectivity index (χ1v) is 6.18. The first kappa shape index (κ1) is 11.4. The zero-order valence-corrected chi connectivity index (χ0v) is 9.84. The van der Waals surface area contributed by atoms with Gasteiger partial charge in [0.2, 0.25) is 11.8 Å². The molecule has 2 N–H and O–H groups in total. The van der Waals surface area contributed by atoms with E-state index in [9.17, 15) is 9.59 Å². The normalized spacial score (nSPS) is 28.6. The van der Waals surface area contributed by atoms with Crippen molar-refractivity contribution in [3.63, 3.8) is 0 Å². The van der Waals surface area contributed by atoms with E-state index < -0.39 is 0 Å². The first-order valence-electron chi connectivity index (χ1n) is 6.18. The van der Waals surface area contributed by atoms with E-state index in [1.807, 2.05) is 0 Å². The number of rotatable bonds is 2. The third-order valence-electron chi connectivity index (χ3n) is 3.73. The van der Waals surface area contributed by atoms with Crippen molar-refractivity contribution < 1.29 is 9.59 Å². The van der Waals surface area contributed by atoms with E-state index >= 15 is 0 Å². The summed E-state index contributed by atoms with van der Waals surface area (Å²) in [7, 11) is 0. The topological polar surface area (TPSA) is 58.2 Å². The van der Waals surface area contributed by atoms with Crippen LogP contribution in [0.1, 0.15) is 45.4 Å². The maximum Gasteiger partial charge on any atom is 0.225 e. The Balaban J connectivity index is 1.88. The molecule has 1 heterocycles. The molecule has 1 aliphatic heterocycles. The van der Waals surface area contributed by atoms with Crippen molar-refractivity contribution >= 4 is 11.8 Å². The van der Waals surface area contributed by atoms with Crippen LogP contribution in [0.4, 0.5) is 0 Å². The zero-order chi connectivity index (χ0) is 11.6. The molecule has 90 valence electrons. The number of hydrogen-bond acceptors (Lipinski definition) is 2. The highest BCUT2D eigenvalue weighted by Gasteiger charge is 2.34. The van der Waals surface area contributed by atoms with Crippen molar-refractivity contribution in [3.8, 4) is 0 Å². The van der Waals surface area contributed by atoms with Crippen molar-refractivity contribution in [1.29, 1.82) is 0 Å². The molecule has 0 aromatic heterocycles. The highest BCUT2D eigenvalue weighted by Crippen LogP contribution is 2.28. The minimum Gasteiger partial charge on any atom is -0.355 e. The molecule has 1 saturated heterocycles. The molecule has 0 aromatic rings. The Morgan fingerprint density at radius 1 is 1.38 bits per heavy atom. The minimum atomic E-state index is -0.161. The van der Waals surface area contributed by atoms with Gasteiger partial charge in [0.05, 0.1) is 5.92 Å². The fourth-order valence-electron chi connectivity index (χ4n) is 2.65. The average Bonchev–Trinajstić information content (AvgIpc) is 2.65. The van der Waals surface area contributed by atoms with Crippen LogP contribution in [-0.2, 0) is 9.59 Å². The van der Waals surface area contributed by atoms with Crippen molar-refractivity contribution in [2.45, 2.75) is 51.0 Å². The van der Waals surface area contributed by atoms with Gasteiger partial charge < -0.3 is 10.6 Å². The lowest BCUT2D eigenvalue weighted by Gasteiger charge is -2.35. The van der Waals surface area contributed by atoms with Crippen LogP contribution in [0.2, 0.25) is 0 Å². The molecule has 2 aliphatic rings. The quantitative estimate of drug-likeness (QED) is 0.734. The molecule has 1 atom stereocenters. The fraction of sp³-hybridized carbons (Fsp3) is 0.833. The lowest BCUT2D eigenvalue weighted by Crippen LogP contribution is -2.49. The van der Waals surface area contributed by atoms with Crippen LogP contribution in [0.15, 0.2) is 0 Å². The summed E-state index contributed by atoms with van der Waals surface area (Å²) in [5, 5.41) is 5.83. The molecule has 2 fully saturated rings. The van der Waals surface area contributed by atoms with Crippen LogP contribution in [0.25, 0.3) is 0 Å². The van der Waals surface area contributed by atoms with E-state index in [1.165, 1.54) is 19.3 Å². The standard InChI is InChI=1S/C12H20N2O2/c1-12(5-3-2-4-6-12)14-11(16)9-7-10(15)13-8-9/h9H,2-8H2,1H3,(H,13,15)(H,14,16). The molecule has 16 heavy (non-hydrogen) atoms. The Morgan fingerprint density at radius 2 is 2.06 bits per heavy atom. The molecule has 1 aliphatic carbocycles. The Bertz CT molecular complexity index is 295. The van der Waals surface area contributed by atoms with E-state index in [0.29, 0.717) is 13.0 Å². The SMILES string of the molecule is CC1(NC(=O)C2CNC(=O)C2)CCCCC1. The largest absolute Gasteiger partial charge is 0.355 e. The molecule has 0 bridgehead atoms. The van der Waals surface area contributed by atoms with Crippen LogP contribution in [0.3, 0.4) is 0 Å². The van der Waals surface area contributed by atoms with Gasteiger partial charge in [0.1, 0.15) is 0 Å². The second kappa shape index (κ2) is 4.44. The Hall–Kier alpha value is -1.06. The van der Waals surface area contributed by atoms with Gasteiger partial charge in [0.15, 0.2) is 0 Å². The summed E-state index contributed by atoms with van der Waals surface area (Å²) in [6, 6.07) is 0. The molecule has 0 radical (unpaired) electrons. The summed E-state index contributed by atoms with van der Waals surface area (Å²) < 4.78 is 0. The van der Waals surface area contributed by atoms with E-state index in [-0.39, 0.29) is 23.3 Å². The van der Waals surface area contributed by atoms with Crippen molar-refractivity contribution in [2.24, 2.45) is 5.92 Å². The molecule has 4 nitrogen and oxygen atoms in total. The van der Waals surface area contributed by atoms with Gasteiger partial charge in [0.25, 0.3) is 0 Å². The zero-order valence-electron chi connectivity index (χ0n) is 9.84. The summed E-state index contributed by atoms with van der Waals surface area (Å²) in [5.41, 5.74) is -0.0407. The van der Waals surface area contributed by atoms with Gasteiger partial charge in [-0.1, -0.05) is 19.3 Å². The molecule has 4 heteroatoms. The molecular weight excluding hydrogens is 204 g/mol. The monoisotopic (exact) mass is 224 g/mol. The molecule has 1 unspecified atom stereocenters. The van der Waals surface area contributed by atoms with Crippen molar-refractivity contribution in [3.05, 3.63) is 0 Å². The summed E-state index contributed by atoms with van der Waals surface area (Å²) >= 11 is 0. The maximum absolute atomic E-state index is 12.0. The van der Waals surface area contributed by atoms with E-state index in [2.05, 4.69) is 17.6 Å². The lowest BCUT2D eigenvalue weighted by molar-refractivity contribution is -0.128. The van der Waals surface area contributed by atoms with Crippen molar-refractivity contribution in [2.75, 3.05) is 6.54 Å². The van der Waals surface area contributed by atoms with Gasteiger partial charge in [-0.3, -0.25) is 9.59 Å². The lowest BCUT2D eigenvalue weighted by atomic mass is 9.83. The third kappa shape index (κ3) is 2.54. The number of hydrogen-bond donors (Lipinski definition) is 2. The second-order valence-corrected chi connectivity index (χ2v) is 5.32. The molecule has 2 amide bonds. The number of carbonyl (C=O) groups excluding carboxylic acids is 2. The van der Waals surface area contributed by atoms with Crippen LogP contribution < -0.4 is 10.6 Å². The Labute approximate surface area is 96.2 Å². The predicted molar refractivity (Wildman–Crippen MR) is 60.7 cm³/mol. The summed E-state index contributed by atoms with van der Waals surface area (Å²) in [4.78, 5) is 23.0. The van der Waals surface area contributed by atoms with Gasteiger partial charge >= 0.3 is 0 Å². The van der Waals surface area contributed by atoms with Crippen LogP contribution in [0.5, 0.6) is 0 Å². The number of amides is 2. The van der Waals surface area contributed by atoms with Gasteiger partial charge in [-0.15, -0.1) is 0 Å². The van der Waals surface area contributed by atoms with E-state index in [1.54, 1.807) is 0 Å². The molecule has 1 saturated carbocycles. The maximum atomic E-state index is 12.0. The van der Waals surface area contributed by atoms with Crippen LogP contribution in [-0.4, -0.2) is 23.9 Å². The summed E-state index contributed by atoms with van der Waals surface area (Å²) in [6.07, 6.45) is 6.13. The van der Waals surface area contributed by atoms with Crippen molar-refractivity contribution in [1.82, 2.24) is 10.6 Å². The van der Waals surface area contributed by atoms with Gasteiger partial charge in [-0.2, -0.15) is 0 Å². The Morgan fingerprint density at radius 3 is 2.62 bits per heavy atom. The molecule has 2 rings (SSSR count). The highest BCUT2D eigenvalue weighted by molar-refractivity contribution is 5.89. The fourth-order valence-corrected chi connectivity index (χ4v) is 2.65. The number of carbonyl (C=O) groups is 2. The molecule has 0 spiro atoms. The smallest absolute Gasteiger partial charge is 0.225 e. The van der Waals surface area contributed by atoms with Gasteiger partial charge in [0, 0.05) is 18.5 Å². The van der Waals surface area contributed by atoms with Crippen LogP contribution >= 0.6 is 0 Å². The first-order chi connectivity index (χ1) is 7.59. The molecule has 0 aromatic carbocycles. The van der Waals surface area contributed by atoms with E-state index in [0.717, 1.165) is 12.8 Å². The number of nitrogens with one attached hydrogen (secondary N) is 2.